The average Bonchev–Trinajstić information content (AvgIpc) is 3.15. The topological polar surface area (TPSA) is 80.3 Å². The number of hydrogen-bond acceptors (Lipinski definition) is 5. The third-order valence-corrected chi connectivity index (χ3v) is 5.41. The summed E-state index contributed by atoms with van der Waals surface area (Å²) in [5.41, 5.74) is 0.815. The third kappa shape index (κ3) is 3.53. The molecule has 0 aliphatic carbocycles. The van der Waals surface area contributed by atoms with Gasteiger partial charge in [-0.15, -0.1) is 0 Å². The first-order chi connectivity index (χ1) is 12.5. The minimum absolute atomic E-state index is 0.0646. The largest absolute Gasteiger partial charge is 0.497 e. The Hall–Kier alpha value is -3.30. The van der Waals surface area contributed by atoms with Crippen molar-refractivity contribution < 1.29 is 17.6 Å². The van der Waals surface area contributed by atoms with Gasteiger partial charge < -0.3 is 9.15 Å². The van der Waals surface area contributed by atoms with Gasteiger partial charge in [0.2, 0.25) is 9.84 Å². The summed E-state index contributed by atoms with van der Waals surface area (Å²) < 4.78 is 35.9. The Balaban J connectivity index is 1.94. The van der Waals surface area contributed by atoms with Gasteiger partial charge in [0.15, 0.2) is 4.91 Å². The zero-order valence-electron chi connectivity index (χ0n) is 13.9. The molecule has 0 aliphatic rings. The predicted molar refractivity (Wildman–Crippen MR) is 97.9 cm³/mol. The molecular formula is C20H15NO4S. The van der Waals surface area contributed by atoms with Crippen molar-refractivity contribution in [2.75, 3.05) is 7.11 Å². The maximum Gasteiger partial charge on any atom is 0.216 e. The average molecular weight is 365 g/mol. The zero-order valence-corrected chi connectivity index (χ0v) is 14.7. The molecule has 3 rings (SSSR count). The molecule has 0 spiro atoms. The monoisotopic (exact) mass is 365 g/mol. The number of benzene rings is 2. The van der Waals surface area contributed by atoms with E-state index in [1.807, 2.05) is 12.1 Å². The van der Waals surface area contributed by atoms with Crippen LogP contribution in [0.15, 0.2) is 80.9 Å². The van der Waals surface area contributed by atoms with E-state index in [-0.39, 0.29) is 15.6 Å². The summed E-state index contributed by atoms with van der Waals surface area (Å²) in [6.07, 6.45) is 1.23. The highest BCUT2D eigenvalue weighted by Gasteiger charge is 2.21. The summed E-state index contributed by atoms with van der Waals surface area (Å²) in [4.78, 5) is -0.311. The van der Waals surface area contributed by atoms with E-state index in [1.165, 1.54) is 18.2 Å². The summed E-state index contributed by atoms with van der Waals surface area (Å²) in [7, 11) is -2.31. The summed E-state index contributed by atoms with van der Waals surface area (Å²) in [5, 5.41) is 9.31. The van der Waals surface area contributed by atoms with E-state index in [0.29, 0.717) is 5.76 Å². The highest BCUT2D eigenvalue weighted by molar-refractivity contribution is 7.95. The normalized spacial score (nSPS) is 11.8. The molecule has 0 saturated carbocycles. The molecule has 6 heteroatoms. The van der Waals surface area contributed by atoms with Gasteiger partial charge in [0.1, 0.15) is 23.3 Å². The Kier molecular flexibility index (Phi) is 4.92. The van der Waals surface area contributed by atoms with Crippen LogP contribution < -0.4 is 4.74 Å². The fourth-order valence-electron chi connectivity index (χ4n) is 2.37. The number of methoxy groups -OCH3 is 1. The first-order valence-electron chi connectivity index (χ1n) is 7.71. The summed E-state index contributed by atoms with van der Waals surface area (Å²) in [5.74, 6) is 1.57. The minimum atomic E-state index is -3.89. The quantitative estimate of drug-likeness (QED) is 0.630. The molecule has 0 unspecified atom stereocenters. The van der Waals surface area contributed by atoms with Crippen LogP contribution in [0.1, 0.15) is 5.76 Å². The number of nitrogens with zero attached hydrogens (tertiary/aromatic N) is 1. The van der Waals surface area contributed by atoms with Crippen molar-refractivity contribution in [2.45, 2.75) is 4.90 Å². The van der Waals surface area contributed by atoms with Crippen molar-refractivity contribution in [3.63, 3.8) is 0 Å². The van der Waals surface area contributed by atoms with Gasteiger partial charge in [-0.3, -0.25) is 0 Å². The SMILES string of the molecule is COc1ccc(-c2ccc(C=C(C#N)S(=O)(=O)c3ccccc3)o2)cc1. The fraction of sp³-hybridized carbons (Fsp3) is 0.0500. The van der Waals surface area contributed by atoms with Crippen LogP contribution in [0.5, 0.6) is 5.75 Å². The van der Waals surface area contributed by atoms with Gasteiger partial charge in [-0.1, -0.05) is 18.2 Å². The van der Waals surface area contributed by atoms with Gasteiger partial charge in [-0.25, -0.2) is 8.42 Å². The fourth-order valence-corrected chi connectivity index (χ4v) is 3.53. The van der Waals surface area contributed by atoms with Gasteiger partial charge in [0, 0.05) is 11.6 Å². The van der Waals surface area contributed by atoms with Crippen LogP contribution in [0.3, 0.4) is 0 Å². The van der Waals surface area contributed by atoms with Crippen LogP contribution in [-0.2, 0) is 9.84 Å². The number of allylic oxidation sites excluding steroid dienone is 1. The summed E-state index contributed by atoms with van der Waals surface area (Å²) in [6.45, 7) is 0. The molecular weight excluding hydrogens is 350 g/mol. The molecule has 0 radical (unpaired) electrons. The number of furan rings is 1. The summed E-state index contributed by atoms with van der Waals surface area (Å²) >= 11 is 0. The molecule has 0 amide bonds. The number of hydrogen-bond donors (Lipinski definition) is 0. The maximum atomic E-state index is 12.6. The molecule has 0 N–H and O–H groups in total. The van der Waals surface area contributed by atoms with Crippen LogP contribution in [0.25, 0.3) is 17.4 Å². The molecule has 1 aromatic heterocycles. The van der Waals surface area contributed by atoms with E-state index in [0.717, 1.165) is 11.3 Å². The highest BCUT2D eigenvalue weighted by atomic mass is 32.2. The van der Waals surface area contributed by atoms with E-state index < -0.39 is 9.84 Å². The lowest BCUT2D eigenvalue weighted by Gasteiger charge is -2.02. The molecule has 0 aliphatic heterocycles. The number of rotatable bonds is 5. The van der Waals surface area contributed by atoms with Crippen molar-refractivity contribution in [1.29, 1.82) is 5.26 Å². The van der Waals surface area contributed by atoms with Crippen LogP contribution >= 0.6 is 0 Å². The first-order valence-corrected chi connectivity index (χ1v) is 9.19. The molecule has 0 saturated heterocycles. The van der Waals surface area contributed by atoms with Crippen LogP contribution in [0, 0.1) is 11.3 Å². The van der Waals surface area contributed by atoms with Crippen molar-refractivity contribution in [2.24, 2.45) is 0 Å². The lowest BCUT2D eigenvalue weighted by molar-refractivity contribution is 0.415. The van der Waals surface area contributed by atoms with Crippen molar-refractivity contribution in [3.8, 4) is 23.1 Å². The van der Waals surface area contributed by atoms with E-state index >= 15 is 0 Å². The molecule has 1 heterocycles. The van der Waals surface area contributed by atoms with Crippen LogP contribution in [0.2, 0.25) is 0 Å². The predicted octanol–water partition coefficient (Wildman–Crippen LogP) is 4.29. The molecule has 2 aromatic carbocycles. The maximum absolute atomic E-state index is 12.6. The number of ether oxygens (including phenoxy) is 1. The van der Waals surface area contributed by atoms with Gasteiger partial charge in [0.05, 0.1) is 12.0 Å². The lowest BCUT2D eigenvalue weighted by Crippen LogP contribution is -2.03. The second-order valence-corrected chi connectivity index (χ2v) is 7.29. The third-order valence-electron chi connectivity index (χ3n) is 3.73. The van der Waals surface area contributed by atoms with Gasteiger partial charge >= 0.3 is 0 Å². The standard InChI is InChI=1S/C20H15NO4S/c1-24-16-9-7-15(8-10-16)20-12-11-17(25-20)13-19(14-21)26(22,23)18-5-3-2-4-6-18/h2-13H,1H3. The second kappa shape index (κ2) is 7.30. The second-order valence-electron chi connectivity index (χ2n) is 5.37. The van der Waals surface area contributed by atoms with Gasteiger partial charge in [-0.05, 0) is 48.5 Å². The number of nitriles is 1. The van der Waals surface area contributed by atoms with E-state index in [4.69, 9.17) is 9.15 Å². The molecule has 3 aromatic rings. The molecule has 26 heavy (non-hydrogen) atoms. The van der Waals surface area contributed by atoms with Gasteiger partial charge in [0.25, 0.3) is 0 Å². The smallest absolute Gasteiger partial charge is 0.216 e. The van der Waals surface area contributed by atoms with Crippen molar-refractivity contribution >= 4 is 15.9 Å². The lowest BCUT2D eigenvalue weighted by atomic mass is 10.2. The Morgan fingerprint density at radius 1 is 1.04 bits per heavy atom. The molecule has 130 valence electrons. The Bertz CT molecular complexity index is 1070. The Morgan fingerprint density at radius 2 is 1.73 bits per heavy atom. The van der Waals surface area contributed by atoms with E-state index in [9.17, 15) is 13.7 Å². The van der Waals surface area contributed by atoms with Crippen molar-refractivity contribution in [3.05, 3.63) is 77.4 Å². The molecule has 5 nitrogen and oxygen atoms in total. The van der Waals surface area contributed by atoms with Crippen LogP contribution in [0.4, 0.5) is 0 Å². The number of sulfone groups is 1. The first kappa shape index (κ1) is 17.5. The van der Waals surface area contributed by atoms with E-state index in [2.05, 4.69) is 0 Å². The van der Waals surface area contributed by atoms with Crippen LogP contribution in [-0.4, -0.2) is 15.5 Å². The van der Waals surface area contributed by atoms with Gasteiger partial charge in [-0.2, -0.15) is 5.26 Å². The molecule has 0 fully saturated rings. The van der Waals surface area contributed by atoms with Crippen molar-refractivity contribution in [1.82, 2.24) is 0 Å². The van der Waals surface area contributed by atoms with E-state index in [1.54, 1.807) is 55.6 Å². The minimum Gasteiger partial charge on any atom is -0.497 e. The Labute approximate surface area is 151 Å². The zero-order chi connectivity index (χ0) is 18.6. The Morgan fingerprint density at radius 3 is 2.35 bits per heavy atom. The molecule has 0 atom stereocenters. The highest BCUT2D eigenvalue weighted by Crippen LogP contribution is 2.27. The summed E-state index contributed by atoms with van der Waals surface area (Å²) in [6, 6.07) is 20.2. The molecule has 0 bridgehead atoms.